The SMILES string of the molecule is CCC(C(=O)NC(C)C)N(Cc1ccc(OC)cc1)C(=O)COc1ccccc1C. The molecule has 0 bridgehead atoms. The van der Waals surface area contributed by atoms with Crippen LogP contribution in [0.3, 0.4) is 0 Å². The number of nitrogens with zero attached hydrogens (tertiary/aromatic N) is 1. The second kappa shape index (κ2) is 11.2. The molecule has 0 radical (unpaired) electrons. The lowest BCUT2D eigenvalue weighted by atomic mass is 10.1. The van der Waals surface area contributed by atoms with E-state index in [0.717, 1.165) is 16.9 Å². The molecule has 6 nitrogen and oxygen atoms in total. The number of hydrogen-bond acceptors (Lipinski definition) is 4. The first-order valence-corrected chi connectivity index (χ1v) is 10.3. The molecule has 30 heavy (non-hydrogen) atoms. The molecule has 1 unspecified atom stereocenters. The third-order valence-corrected chi connectivity index (χ3v) is 4.77. The van der Waals surface area contributed by atoms with Crippen molar-refractivity contribution in [3.05, 3.63) is 59.7 Å². The molecule has 2 rings (SSSR count). The van der Waals surface area contributed by atoms with Crippen LogP contribution in [0.1, 0.15) is 38.3 Å². The number of para-hydroxylation sites is 1. The van der Waals surface area contributed by atoms with Crippen molar-refractivity contribution >= 4 is 11.8 Å². The molecule has 1 atom stereocenters. The molecule has 1 N–H and O–H groups in total. The van der Waals surface area contributed by atoms with Crippen LogP contribution in [0.2, 0.25) is 0 Å². The van der Waals surface area contributed by atoms with Crippen LogP contribution in [0, 0.1) is 6.92 Å². The first-order chi connectivity index (χ1) is 14.3. The third kappa shape index (κ3) is 6.51. The van der Waals surface area contributed by atoms with Crippen LogP contribution in [-0.4, -0.2) is 42.5 Å². The number of carbonyl (C=O) groups is 2. The van der Waals surface area contributed by atoms with E-state index < -0.39 is 6.04 Å². The van der Waals surface area contributed by atoms with E-state index >= 15 is 0 Å². The number of amides is 2. The van der Waals surface area contributed by atoms with Gasteiger partial charge in [-0.2, -0.15) is 0 Å². The minimum Gasteiger partial charge on any atom is -0.497 e. The van der Waals surface area contributed by atoms with E-state index in [2.05, 4.69) is 5.32 Å². The molecule has 0 fully saturated rings. The van der Waals surface area contributed by atoms with Gasteiger partial charge in [0.1, 0.15) is 17.5 Å². The molecule has 0 aliphatic rings. The molecular formula is C24H32N2O4. The van der Waals surface area contributed by atoms with Crippen molar-refractivity contribution in [3.63, 3.8) is 0 Å². The lowest BCUT2D eigenvalue weighted by molar-refractivity contribution is -0.143. The van der Waals surface area contributed by atoms with E-state index in [0.29, 0.717) is 18.7 Å². The Balaban J connectivity index is 2.22. The molecule has 0 saturated carbocycles. The number of benzene rings is 2. The summed E-state index contributed by atoms with van der Waals surface area (Å²) in [7, 11) is 1.61. The zero-order valence-electron chi connectivity index (χ0n) is 18.5. The van der Waals surface area contributed by atoms with Crippen LogP contribution in [0.15, 0.2) is 48.5 Å². The summed E-state index contributed by atoms with van der Waals surface area (Å²) in [5.41, 5.74) is 1.87. The Labute approximate surface area is 179 Å². The lowest BCUT2D eigenvalue weighted by Crippen LogP contribution is -2.51. The quantitative estimate of drug-likeness (QED) is 0.646. The minimum atomic E-state index is -0.581. The second-order valence-corrected chi connectivity index (χ2v) is 7.51. The summed E-state index contributed by atoms with van der Waals surface area (Å²) < 4.78 is 11.0. The average molecular weight is 413 g/mol. The molecule has 0 saturated heterocycles. The van der Waals surface area contributed by atoms with Crippen LogP contribution in [0.5, 0.6) is 11.5 Å². The highest BCUT2D eigenvalue weighted by atomic mass is 16.5. The fraction of sp³-hybridized carbons (Fsp3) is 0.417. The number of aryl methyl sites for hydroxylation is 1. The first kappa shape index (κ1) is 23.3. The van der Waals surface area contributed by atoms with Gasteiger partial charge in [-0.3, -0.25) is 9.59 Å². The van der Waals surface area contributed by atoms with Gasteiger partial charge in [0, 0.05) is 12.6 Å². The zero-order valence-corrected chi connectivity index (χ0v) is 18.5. The number of rotatable bonds is 10. The molecule has 0 aromatic heterocycles. The van der Waals surface area contributed by atoms with E-state index in [4.69, 9.17) is 9.47 Å². The maximum absolute atomic E-state index is 13.1. The second-order valence-electron chi connectivity index (χ2n) is 7.51. The van der Waals surface area contributed by atoms with Crippen LogP contribution in [-0.2, 0) is 16.1 Å². The van der Waals surface area contributed by atoms with Gasteiger partial charge in [-0.25, -0.2) is 0 Å². The van der Waals surface area contributed by atoms with Gasteiger partial charge in [0.2, 0.25) is 5.91 Å². The van der Waals surface area contributed by atoms with E-state index in [1.807, 2.05) is 76.2 Å². The largest absolute Gasteiger partial charge is 0.497 e. The Kier molecular flexibility index (Phi) is 8.71. The summed E-state index contributed by atoms with van der Waals surface area (Å²) in [5, 5.41) is 2.92. The Morgan fingerprint density at radius 3 is 2.30 bits per heavy atom. The van der Waals surface area contributed by atoms with E-state index in [9.17, 15) is 9.59 Å². The lowest BCUT2D eigenvalue weighted by Gasteiger charge is -2.31. The third-order valence-electron chi connectivity index (χ3n) is 4.77. The number of hydrogen-bond donors (Lipinski definition) is 1. The maximum atomic E-state index is 13.1. The normalized spacial score (nSPS) is 11.7. The minimum absolute atomic E-state index is 0.00675. The predicted octanol–water partition coefficient (Wildman–Crippen LogP) is 3.71. The van der Waals surface area contributed by atoms with E-state index in [1.54, 1.807) is 12.0 Å². The molecule has 0 spiro atoms. The Bertz CT molecular complexity index is 833. The Hall–Kier alpha value is -3.02. The van der Waals surface area contributed by atoms with Gasteiger partial charge in [0.05, 0.1) is 7.11 Å². The van der Waals surface area contributed by atoms with Crippen LogP contribution in [0.4, 0.5) is 0 Å². The van der Waals surface area contributed by atoms with Gasteiger partial charge >= 0.3 is 0 Å². The maximum Gasteiger partial charge on any atom is 0.261 e. The molecule has 0 heterocycles. The average Bonchev–Trinajstić information content (AvgIpc) is 2.72. The van der Waals surface area contributed by atoms with Crippen molar-refractivity contribution in [1.29, 1.82) is 0 Å². The summed E-state index contributed by atoms with van der Waals surface area (Å²) in [6.07, 6.45) is 0.505. The van der Waals surface area contributed by atoms with Gasteiger partial charge < -0.3 is 19.7 Å². The fourth-order valence-corrected chi connectivity index (χ4v) is 3.17. The predicted molar refractivity (Wildman–Crippen MR) is 118 cm³/mol. The van der Waals surface area contributed by atoms with Crippen LogP contribution < -0.4 is 14.8 Å². The monoisotopic (exact) mass is 412 g/mol. The van der Waals surface area contributed by atoms with Crippen LogP contribution >= 0.6 is 0 Å². The Morgan fingerprint density at radius 2 is 1.73 bits per heavy atom. The van der Waals surface area contributed by atoms with Gasteiger partial charge in [0.15, 0.2) is 6.61 Å². The van der Waals surface area contributed by atoms with Crippen molar-refractivity contribution in [1.82, 2.24) is 10.2 Å². The standard InChI is InChI=1S/C24H32N2O4/c1-6-21(24(28)25-17(2)3)26(15-19-11-13-20(29-5)14-12-19)23(27)16-30-22-10-8-7-9-18(22)4/h7-14,17,21H,6,15-16H2,1-5H3,(H,25,28). The van der Waals surface area contributed by atoms with Crippen molar-refractivity contribution in [2.75, 3.05) is 13.7 Å². The van der Waals surface area contributed by atoms with Crippen molar-refractivity contribution in [2.45, 2.75) is 52.7 Å². The molecule has 0 aliphatic carbocycles. The number of nitrogens with one attached hydrogen (secondary N) is 1. The molecule has 0 aliphatic heterocycles. The summed E-state index contributed by atoms with van der Waals surface area (Å²) in [6, 6.07) is 14.4. The van der Waals surface area contributed by atoms with Gasteiger partial charge in [-0.1, -0.05) is 37.3 Å². The molecular weight excluding hydrogens is 380 g/mol. The molecule has 2 aromatic rings. The molecule has 162 valence electrons. The van der Waals surface area contributed by atoms with E-state index in [1.165, 1.54) is 0 Å². The smallest absolute Gasteiger partial charge is 0.261 e. The first-order valence-electron chi connectivity index (χ1n) is 10.3. The van der Waals surface area contributed by atoms with E-state index in [-0.39, 0.29) is 24.5 Å². The summed E-state index contributed by atoms with van der Waals surface area (Å²) >= 11 is 0. The highest BCUT2D eigenvalue weighted by Gasteiger charge is 2.29. The topological polar surface area (TPSA) is 67.9 Å². The fourth-order valence-electron chi connectivity index (χ4n) is 3.17. The molecule has 2 aromatic carbocycles. The van der Waals surface area contributed by atoms with Gasteiger partial charge in [-0.05, 0) is 56.5 Å². The molecule has 6 heteroatoms. The summed E-state index contributed by atoms with van der Waals surface area (Å²) in [6.45, 7) is 7.82. The zero-order chi connectivity index (χ0) is 22.1. The van der Waals surface area contributed by atoms with Crippen molar-refractivity contribution in [3.8, 4) is 11.5 Å². The van der Waals surface area contributed by atoms with Crippen molar-refractivity contribution < 1.29 is 19.1 Å². The highest BCUT2D eigenvalue weighted by Crippen LogP contribution is 2.19. The molecule has 2 amide bonds. The summed E-state index contributed by atoms with van der Waals surface area (Å²) in [4.78, 5) is 27.5. The highest BCUT2D eigenvalue weighted by molar-refractivity contribution is 5.88. The van der Waals surface area contributed by atoms with Gasteiger partial charge in [0.25, 0.3) is 5.91 Å². The van der Waals surface area contributed by atoms with Gasteiger partial charge in [-0.15, -0.1) is 0 Å². The Morgan fingerprint density at radius 1 is 1.07 bits per heavy atom. The number of carbonyl (C=O) groups excluding carboxylic acids is 2. The number of methoxy groups -OCH3 is 1. The van der Waals surface area contributed by atoms with Crippen molar-refractivity contribution in [2.24, 2.45) is 0 Å². The summed E-state index contributed by atoms with van der Waals surface area (Å²) in [5.74, 6) is 1.00. The number of ether oxygens (including phenoxy) is 2. The van der Waals surface area contributed by atoms with Crippen LogP contribution in [0.25, 0.3) is 0 Å².